The molecule has 1 rings (SSSR count). The number of halogens is 2. The Morgan fingerprint density at radius 1 is 1.50 bits per heavy atom. The van der Waals surface area contributed by atoms with Crippen LogP contribution in [0.4, 0.5) is 4.39 Å². The molecule has 0 heterocycles. The van der Waals surface area contributed by atoms with Gasteiger partial charge in [-0.05, 0) is 18.2 Å². The van der Waals surface area contributed by atoms with Crippen molar-refractivity contribution >= 4 is 11.6 Å². The van der Waals surface area contributed by atoms with Crippen molar-refractivity contribution < 1.29 is 9.50 Å². The Bertz CT molecular complexity index is 357. The van der Waals surface area contributed by atoms with Gasteiger partial charge < -0.3 is 5.11 Å². The van der Waals surface area contributed by atoms with Gasteiger partial charge in [-0.1, -0.05) is 17.7 Å². The highest BCUT2D eigenvalue weighted by Crippen LogP contribution is 2.16. The highest BCUT2D eigenvalue weighted by Gasteiger charge is 2.08. The van der Waals surface area contributed by atoms with Gasteiger partial charge in [0.15, 0.2) is 0 Å². The third kappa shape index (κ3) is 3.93. The maximum Gasteiger partial charge on any atom is 0.127 e. The van der Waals surface area contributed by atoms with Crippen molar-refractivity contribution in [1.29, 1.82) is 0 Å². The number of hydrogen-bond acceptors (Lipinski definition) is 2. The van der Waals surface area contributed by atoms with E-state index in [0.717, 1.165) is 0 Å². The Balaban J connectivity index is 2.75. The average Bonchev–Trinajstić information content (AvgIpc) is 2.24. The van der Waals surface area contributed by atoms with Gasteiger partial charge >= 0.3 is 0 Å². The number of benzene rings is 1. The monoisotopic (exact) mass is 243 g/mol. The molecule has 1 N–H and O–H groups in total. The predicted molar refractivity (Wildman–Crippen MR) is 64.0 cm³/mol. The fraction of sp³-hybridized carbons (Fsp3) is 0.333. The maximum absolute atomic E-state index is 13.4. The highest BCUT2D eigenvalue weighted by molar-refractivity contribution is 6.30. The molecule has 0 atom stereocenters. The normalized spacial score (nSPS) is 10.8. The van der Waals surface area contributed by atoms with Crippen LogP contribution in [0.15, 0.2) is 30.9 Å². The maximum atomic E-state index is 13.4. The zero-order valence-electron chi connectivity index (χ0n) is 9.00. The van der Waals surface area contributed by atoms with E-state index >= 15 is 0 Å². The van der Waals surface area contributed by atoms with Gasteiger partial charge in [0.1, 0.15) is 5.82 Å². The molecule has 0 saturated heterocycles. The van der Waals surface area contributed by atoms with Crippen LogP contribution >= 0.6 is 11.6 Å². The third-order valence-corrected chi connectivity index (χ3v) is 2.44. The van der Waals surface area contributed by atoms with Crippen molar-refractivity contribution in [2.75, 3.05) is 19.7 Å². The molecule has 88 valence electrons. The van der Waals surface area contributed by atoms with Crippen LogP contribution in [-0.4, -0.2) is 29.7 Å². The van der Waals surface area contributed by atoms with Crippen LogP contribution in [0.2, 0.25) is 5.02 Å². The van der Waals surface area contributed by atoms with Crippen LogP contribution in [0.3, 0.4) is 0 Å². The summed E-state index contributed by atoms with van der Waals surface area (Å²) in [4.78, 5) is 1.89. The lowest BCUT2D eigenvalue weighted by molar-refractivity contribution is 0.202. The summed E-state index contributed by atoms with van der Waals surface area (Å²) < 4.78 is 13.4. The van der Waals surface area contributed by atoms with E-state index < -0.39 is 0 Å². The number of hydrogen-bond donors (Lipinski definition) is 1. The van der Waals surface area contributed by atoms with E-state index in [0.29, 0.717) is 30.2 Å². The van der Waals surface area contributed by atoms with Crippen LogP contribution in [0.5, 0.6) is 0 Å². The van der Waals surface area contributed by atoms with Gasteiger partial charge in [-0.3, -0.25) is 4.90 Å². The molecule has 16 heavy (non-hydrogen) atoms. The third-order valence-electron chi connectivity index (χ3n) is 2.21. The number of aliphatic hydroxyl groups is 1. The first-order valence-corrected chi connectivity index (χ1v) is 5.43. The Kier molecular flexibility index (Phi) is 5.46. The predicted octanol–water partition coefficient (Wildman–Crippen LogP) is 2.46. The van der Waals surface area contributed by atoms with Gasteiger partial charge in [0.2, 0.25) is 0 Å². The van der Waals surface area contributed by atoms with Crippen molar-refractivity contribution in [3.8, 4) is 0 Å². The first-order valence-electron chi connectivity index (χ1n) is 5.05. The summed E-state index contributed by atoms with van der Waals surface area (Å²) in [5.41, 5.74) is 0.530. The second kappa shape index (κ2) is 6.63. The van der Waals surface area contributed by atoms with Gasteiger partial charge in [0.25, 0.3) is 0 Å². The molecule has 1 aromatic rings. The average molecular weight is 244 g/mol. The molecule has 2 nitrogen and oxygen atoms in total. The summed E-state index contributed by atoms with van der Waals surface area (Å²) in [6.07, 6.45) is 1.72. The van der Waals surface area contributed by atoms with Gasteiger partial charge in [0, 0.05) is 30.2 Å². The topological polar surface area (TPSA) is 23.5 Å². The van der Waals surface area contributed by atoms with Crippen LogP contribution in [-0.2, 0) is 6.54 Å². The Labute approximate surface area is 100.0 Å². The molecule has 0 spiro atoms. The summed E-state index contributed by atoms with van der Waals surface area (Å²) in [6.45, 7) is 5.16. The van der Waals surface area contributed by atoms with Crippen LogP contribution < -0.4 is 0 Å². The Morgan fingerprint density at radius 2 is 2.25 bits per heavy atom. The minimum atomic E-state index is -0.281. The van der Waals surface area contributed by atoms with E-state index in [9.17, 15) is 4.39 Å². The summed E-state index contributed by atoms with van der Waals surface area (Å²) in [5, 5.41) is 9.38. The molecule has 0 radical (unpaired) electrons. The molecule has 0 saturated carbocycles. The zero-order valence-corrected chi connectivity index (χ0v) is 9.75. The van der Waals surface area contributed by atoms with Crippen LogP contribution in [0, 0.1) is 5.82 Å². The molecule has 4 heteroatoms. The molecule has 0 unspecified atom stereocenters. The zero-order chi connectivity index (χ0) is 12.0. The van der Waals surface area contributed by atoms with E-state index in [1.165, 1.54) is 12.1 Å². The van der Waals surface area contributed by atoms with Gasteiger partial charge in [-0.15, -0.1) is 6.58 Å². The Morgan fingerprint density at radius 3 is 2.88 bits per heavy atom. The number of nitrogens with zero attached hydrogens (tertiary/aromatic N) is 1. The second-order valence-electron chi connectivity index (χ2n) is 3.48. The minimum Gasteiger partial charge on any atom is -0.395 e. The van der Waals surface area contributed by atoms with Gasteiger partial charge in [-0.2, -0.15) is 0 Å². The fourth-order valence-corrected chi connectivity index (χ4v) is 1.66. The summed E-state index contributed by atoms with van der Waals surface area (Å²) in [5.74, 6) is -0.281. The summed E-state index contributed by atoms with van der Waals surface area (Å²) in [6, 6.07) is 4.47. The summed E-state index contributed by atoms with van der Waals surface area (Å²) >= 11 is 5.80. The molecule has 0 aliphatic heterocycles. The van der Waals surface area contributed by atoms with Crippen LogP contribution in [0.25, 0.3) is 0 Å². The van der Waals surface area contributed by atoms with Crippen molar-refractivity contribution in [3.63, 3.8) is 0 Å². The van der Waals surface area contributed by atoms with E-state index in [1.807, 2.05) is 4.90 Å². The lowest BCUT2D eigenvalue weighted by Crippen LogP contribution is -2.27. The first kappa shape index (κ1) is 13.2. The molecule has 1 aromatic carbocycles. The minimum absolute atomic E-state index is 0.0377. The second-order valence-corrected chi connectivity index (χ2v) is 3.92. The van der Waals surface area contributed by atoms with Gasteiger partial charge in [-0.25, -0.2) is 4.39 Å². The van der Waals surface area contributed by atoms with Crippen molar-refractivity contribution in [1.82, 2.24) is 4.90 Å². The van der Waals surface area contributed by atoms with Crippen LogP contribution in [0.1, 0.15) is 5.56 Å². The van der Waals surface area contributed by atoms with E-state index in [1.54, 1.807) is 12.1 Å². The molecule has 0 fully saturated rings. The van der Waals surface area contributed by atoms with E-state index in [-0.39, 0.29) is 12.4 Å². The Hall–Kier alpha value is -0.900. The molecular weight excluding hydrogens is 229 g/mol. The molecule has 0 aromatic heterocycles. The largest absolute Gasteiger partial charge is 0.395 e. The van der Waals surface area contributed by atoms with E-state index in [4.69, 9.17) is 16.7 Å². The highest BCUT2D eigenvalue weighted by atomic mass is 35.5. The lowest BCUT2D eigenvalue weighted by atomic mass is 10.2. The SMILES string of the molecule is C=CCN(CCO)Cc1cc(Cl)ccc1F. The molecule has 0 aliphatic carbocycles. The van der Waals surface area contributed by atoms with Crippen molar-refractivity contribution in [2.45, 2.75) is 6.54 Å². The standard InChI is InChI=1S/C12H15ClFNO/c1-2-5-15(6-7-16)9-10-8-11(13)3-4-12(10)14/h2-4,8,16H,1,5-7,9H2. The quantitative estimate of drug-likeness (QED) is 0.776. The van der Waals surface area contributed by atoms with Gasteiger partial charge in [0.05, 0.1) is 6.61 Å². The lowest BCUT2D eigenvalue weighted by Gasteiger charge is -2.19. The number of aliphatic hydroxyl groups excluding tert-OH is 1. The van der Waals surface area contributed by atoms with Crippen molar-refractivity contribution in [2.24, 2.45) is 0 Å². The molecular formula is C12H15ClFNO. The van der Waals surface area contributed by atoms with E-state index in [2.05, 4.69) is 6.58 Å². The molecule has 0 aliphatic rings. The smallest absolute Gasteiger partial charge is 0.127 e. The summed E-state index contributed by atoms with van der Waals surface area (Å²) in [7, 11) is 0. The molecule has 0 bridgehead atoms. The fourth-order valence-electron chi connectivity index (χ4n) is 1.46. The van der Waals surface area contributed by atoms with Crippen molar-refractivity contribution in [3.05, 3.63) is 47.3 Å². The first-order chi connectivity index (χ1) is 7.67. The molecule has 0 amide bonds. The number of rotatable bonds is 6.